The molecule has 0 bridgehead atoms. The first-order chi connectivity index (χ1) is 11.4. The Morgan fingerprint density at radius 3 is 2.54 bits per heavy atom. The monoisotopic (exact) mass is 404 g/mol. The van der Waals surface area contributed by atoms with Crippen molar-refractivity contribution >= 4 is 64.1 Å². The number of anilines is 1. The van der Waals surface area contributed by atoms with E-state index in [4.69, 9.17) is 39.5 Å². The Balaban J connectivity index is 2.00. The number of amides is 1. The van der Waals surface area contributed by atoms with Gasteiger partial charge in [0.1, 0.15) is 5.03 Å². The molecule has 0 aliphatic rings. The molecule has 1 N–H and O–H groups in total. The fraction of sp³-hybridized carbons (Fsp3) is 0.133. The fourth-order valence-corrected chi connectivity index (χ4v) is 3.20. The summed E-state index contributed by atoms with van der Waals surface area (Å²) in [5.41, 5.74) is 0.496. The van der Waals surface area contributed by atoms with Crippen LogP contribution in [0.25, 0.3) is 0 Å². The predicted molar refractivity (Wildman–Crippen MR) is 96.4 cm³/mol. The predicted octanol–water partition coefficient (Wildman–Crippen LogP) is 4.56. The Morgan fingerprint density at radius 1 is 1.25 bits per heavy atom. The first-order valence-corrected chi connectivity index (χ1v) is 8.88. The zero-order valence-electron chi connectivity index (χ0n) is 12.3. The van der Waals surface area contributed by atoms with Crippen LogP contribution in [0, 0.1) is 0 Å². The zero-order chi connectivity index (χ0) is 17.7. The molecule has 0 radical (unpaired) electrons. The number of hydrogen-bond acceptors (Lipinski definition) is 5. The van der Waals surface area contributed by atoms with Gasteiger partial charge in [-0.3, -0.25) is 4.79 Å². The number of pyridine rings is 1. The van der Waals surface area contributed by atoms with Crippen molar-refractivity contribution in [3.05, 3.63) is 51.1 Å². The Morgan fingerprint density at radius 2 is 1.92 bits per heavy atom. The van der Waals surface area contributed by atoms with Crippen LogP contribution in [-0.2, 0) is 9.53 Å². The van der Waals surface area contributed by atoms with Crippen molar-refractivity contribution in [2.45, 2.75) is 5.03 Å². The minimum atomic E-state index is -0.643. The first kappa shape index (κ1) is 18.9. The number of aromatic nitrogens is 1. The standard InChI is InChI=1S/C15H11Cl3N2O3S/c1-24-14-9(3-2-4-19-14)15(22)23-7-12(21)20-13-10(17)5-8(16)6-11(13)18/h2-6H,7H2,1H3,(H,20,21). The molecule has 9 heteroatoms. The zero-order valence-corrected chi connectivity index (χ0v) is 15.4. The molecule has 0 saturated carbocycles. The molecule has 1 heterocycles. The van der Waals surface area contributed by atoms with Crippen LogP contribution < -0.4 is 5.32 Å². The third-order valence-corrected chi connectivity index (χ3v) is 4.32. The Labute approximate surface area is 157 Å². The van der Waals surface area contributed by atoms with Crippen molar-refractivity contribution in [2.75, 3.05) is 18.2 Å². The van der Waals surface area contributed by atoms with Crippen LogP contribution >= 0.6 is 46.6 Å². The summed E-state index contributed by atoms with van der Waals surface area (Å²) in [6, 6.07) is 6.07. The minimum Gasteiger partial charge on any atom is -0.452 e. The lowest BCUT2D eigenvalue weighted by molar-refractivity contribution is -0.119. The van der Waals surface area contributed by atoms with Gasteiger partial charge in [0.25, 0.3) is 5.91 Å². The molecule has 126 valence electrons. The Hall–Kier alpha value is -1.47. The lowest BCUT2D eigenvalue weighted by atomic mass is 10.3. The van der Waals surface area contributed by atoms with E-state index >= 15 is 0 Å². The van der Waals surface area contributed by atoms with Crippen LogP contribution in [0.15, 0.2) is 35.5 Å². The molecule has 2 aromatic rings. The van der Waals surface area contributed by atoms with Crippen LogP contribution in [0.2, 0.25) is 15.1 Å². The number of ether oxygens (including phenoxy) is 1. The van der Waals surface area contributed by atoms with Gasteiger partial charge in [0.05, 0.1) is 21.3 Å². The number of nitrogens with zero attached hydrogens (tertiary/aromatic N) is 1. The van der Waals surface area contributed by atoms with Crippen LogP contribution in [-0.4, -0.2) is 29.7 Å². The van der Waals surface area contributed by atoms with E-state index in [0.29, 0.717) is 15.6 Å². The van der Waals surface area contributed by atoms with E-state index in [9.17, 15) is 9.59 Å². The third kappa shape index (κ3) is 4.77. The fourth-order valence-electron chi connectivity index (χ4n) is 1.75. The van der Waals surface area contributed by atoms with Gasteiger partial charge in [0, 0.05) is 11.2 Å². The summed E-state index contributed by atoms with van der Waals surface area (Å²) in [5, 5.41) is 3.71. The lowest BCUT2D eigenvalue weighted by Crippen LogP contribution is -2.21. The molecule has 2 rings (SSSR count). The Kier molecular flexibility index (Phi) is 6.74. The van der Waals surface area contributed by atoms with Gasteiger partial charge in [-0.05, 0) is 30.5 Å². The number of halogens is 3. The normalized spacial score (nSPS) is 10.3. The second-order valence-corrected chi connectivity index (χ2v) is 6.47. The van der Waals surface area contributed by atoms with E-state index in [0.717, 1.165) is 0 Å². The number of esters is 1. The summed E-state index contributed by atoms with van der Waals surface area (Å²) < 4.78 is 4.99. The van der Waals surface area contributed by atoms with Gasteiger partial charge in [-0.2, -0.15) is 0 Å². The van der Waals surface area contributed by atoms with E-state index in [1.807, 2.05) is 0 Å². The summed E-state index contributed by atoms with van der Waals surface area (Å²) in [6.45, 7) is -0.489. The second kappa shape index (κ2) is 8.58. The van der Waals surface area contributed by atoms with Crippen LogP contribution in [0.1, 0.15) is 10.4 Å². The van der Waals surface area contributed by atoms with Crippen LogP contribution in [0.5, 0.6) is 0 Å². The van der Waals surface area contributed by atoms with E-state index in [-0.39, 0.29) is 15.7 Å². The summed E-state index contributed by atoms with van der Waals surface area (Å²) in [5.74, 6) is -1.22. The molecule has 0 spiro atoms. The number of nitrogens with one attached hydrogen (secondary N) is 1. The smallest absolute Gasteiger partial charge is 0.341 e. The minimum absolute atomic E-state index is 0.184. The van der Waals surface area contributed by atoms with E-state index in [1.54, 1.807) is 24.6 Å². The lowest BCUT2D eigenvalue weighted by Gasteiger charge is -2.10. The van der Waals surface area contributed by atoms with Gasteiger partial charge in [-0.1, -0.05) is 34.8 Å². The molecule has 1 aromatic heterocycles. The molecule has 24 heavy (non-hydrogen) atoms. The van der Waals surface area contributed by atoms with Gasteiger partial charge >= 0.3 is 5.97 Å². The SMILES string of the molecule is CSc1ncccc1C(=O)OCC(=O)Nc1c(Cl)cc(Cl)cc1Cl. The van der Waals surface area contributed by atoms with Crippen LogP contribution in [0.3, 0.4) is 0 Å². The van der Waals surface area contributed by atoms with Gasteiger partial charge in [-0.25, -0.2) is 9.78 Å². The Bertz CT molecular complexity index is 763. The number of thioether (sulfide) groups is 1. The van der Waals surface area contributed by atoms with E-state index in [2.05, 4.69) is 10.3 Å². The molecule has 1 aromatic carbocycles. The molecular weight excluding hydrogens is 395 g/mol. The molecule has 5 nitrogen and oxygen atoms in total. The molecular formula is C15H11Cl3N2O3S. The highest BCUT2D eigenvalue weighted by atomic mass is 35.5. The number of carbonyl (C=O) groups excluding carboxylic acids is 2. The summed E-state index contributed by atoms with van der Waals surface area (Å²) in [6.07, 6.45) is 3.36. The summed E-state index contributed by atoms with van der Waals surface area (Å²) in [4.78, 5) is 28.0. The maximum Gasteiger partial charge on any atom is 0.341 e. The van der Waals surface area contributed by atoms with Gasteiger partial charge in [0.2, 0.25) is 0 Å². The highest BCUT2D eigenvalue weighted by molar-refractivity contribution is 7.98. The van der Waals surface area contributed by atoms with Crippen molar-refractivity contribution < 1.29 is 14.3 Å². The van der Waals surface area contributed by atoms with E-state index in [1.165, 1.54) is 23.9 Å². The van der Waals surface area contributed by atoms with Gasteiger partial charge < -0.3 is 10.1 Å². The average Bonchev–Trinajstić information content (AvgIpc) is 2.55. The molecule has 1 amide bonds. The summed E-state index contributed by atoms with van der Waals surface area (Å²) >= 11 is 19.1. The maximum atomic E-state index is 12.0. The second-order valence-electron chi connectivity index (χ2n) is 4.43. The van der Waals surface area contributed by atoms with Crippen molar-refractivity contribution in [1.82, 2.24) is 4.98 Å². The molecule has 0 atom stereocenters. The molecule has 0 fully saturated rings. The highest BCUT2D eigenvalue weighted by Crippen LogP contribution is 2.33. The average molecular weight is 406 g/mol. The first-order valence-electron chi connectivity index (χ1n) is 6.53. The molecule has 0 aliphatic carbocycles. The molecule has 0 aliphatic heterocycles. The maximum absolute atomic E-state index is 12.0. The number of hydrogen-bond donors (Lipinski definition) is 1. The topological polar surface area (TPSA) is 68.3 Å². The van der Waals surface area contributed by atoms with Crippen LogP contribution in [0.4, 0.5) is 5.69 Å². The van der Waals surface area contributed by atoms with Crippen molar-refractivity contribution in [3.8, 4) is 0 Å². The van der Waals surface area contributed by atoms with E-state index < -0.39 is 18.5 Å². The largest absolute Gasteiger partial charge is 0.452 e. The molecule has 0 unspecified atom stereocenters. The summed E-state index contributed by atoms with van der Waals surface area (Å²) in [7, 11) is 0. The number of carbonyl (C=O) groups is 2. The van der Waals surface area contributed by atoms with Gasteiger partial charge in [0.15, 0.2) is 6.61 Å². The molecule has 0 saturated heterocycles. The number of benzene rings is 1. The van der Waals surface area contributed by atoms with Gasteiger partial charge in [-0.15, -0.1) is 11.8 Å². The third-order valence-electron chi connectivity index (χ3n) is 2.79. The quantitative estimate of drug-likeness (QED) is 0.583. The van der Waals surface area contributed by atoms with Crippen molar-refractivity contribution in [1.29, 1.82) is 0 Å². The van der Waals surface area contributed by atoms with Crippen molar-refractivity contribution in [3.63, 3.8) is 0 Å². The van der Waals surface area contributed by atoms with Crippen molar-refractivity contribution in [2.24, 2.45) is 0 Å². The highest BCUT2D eigenvalue weighted by Gasteiger charge is 2.16. The number of rotatable bonds is 5.